The fourth-order valence-corrected chi connectivity index (χ4v) is 1.88. The summed E-state index contributed by atoms with van der Waals surface area (Å²) in [5.41, 5.74) is -2.54. The normalized spacial score (nSPS) is 17.3. The van der Waals surface area contributed by atoms with Crippen molar-refractivity contribution in [2.24, 2.45) is 5.92 Å². The van der Waals surface area contributed by atoms with Gasteiger partial charge in [-0.05, 0) is 11.0 Å². The maximum Gasteiger partial charge on any atom is 1.00 e. The van der Waals surface area contributed by atoms with Crippen molar-refractivity contribution in [1.82, 2.24) is 5.16 Å². The molecular weight excluding hydrogens is 299 g/mol. The van der Waals surface area contributed by atoms with E-state index >= 15 is 0 Å². The summed E-state index contributed by atoms with van der Waals surface area (Å²) in [6, 6.07) is 0. The van der Waals surface area contributed by atoms with Gasteiger partial charge in [-0.2, -0.15) is 4.90 Å². The molecule has 2 rings (SSSR count). The summed E-state index contributed by atoms with van der Waals surface area (Å²) in [4.78, 5) is 9.66. The van der Waals surface area contributed by atoms with E-state index in [9.17, 15) is 25.7 Å². The predicted molar refractivity (Wildman–Crippen MR) is 60.2 cm³/mol. The van der Waals surface area contributed by atoms with Crippen LogP contribution in [0.4, 0.5) is 0 Å². The van der Waals surface area contributed by atoms with Gasteiger partial charge in [0.1, 0.15) is 5.92 Å². The molecule has 11 heteroatoms. The third kappa shape index (κ3) is 2.58. The van der Waals surface area contributed by atoms with Crippen LogP contribution in [0.25, 0.3) is 6.08 Å². The molecule has 1 heterocycles. The topological polar surface area (TPSA) is 145 Å². The zero-order chi connectivity index (χ0) is 14.4. The molecule has 0 amide bonds. The minimum absolute atomic E-state index is 0. The van der Waals surface area contributed by atoms with Gasteiger partial charge < -0.3 is 15.6 Å². The molecule has 0 aliphatic heterocycles. The molecule has 0 spiro atoms. The molecule has 1 aromatic heterocycles. The largest absolute Gasteiger partial charge is 1.00 e. The molecule has 0 fully saturated rings. The van der Waals surface area contributed by atoms with Gasteiger partial charge in [0.2, 0.25) is 11.2 Å². The van der Waals surface area contributed by atoms with E-state index < -0.39 is 27.0 Å². The van der Waals surface area contributed by atoms with Crippen LogP contribution in [0.2, 0.25) is 0 Å². The molecule has 102 valence electrons. The Morgan fingerprint density at radius 3 is 2.50 bits per heavy atom. The Morgan fingerprint density at radius 2 is 2.00 bits per heavy atom. The van der Waals surface area contributed by atoms with Crippen LogP contribution < -0.4 is 56.3 Å². The summed E-state index contributed by atoms with van der Waals surface area (Å²) < 4.78 is 4.28. The molecule has 1 aromatic rings. The van der Waals surface area contributed by atoms with Gasteiger partial charge in [0.15, 0.2) is 0 Å². The standard InChI is InChI=1S/C9H9N4O6.K/c1-9(2,13(17)18)5-3-4-6-7(8(5)11(14)15)10-19-12(6)16;/h3-5H,1-2H3;/q-1;+1. The van der Waals surface area contributed by atoms with E-state index in [2.05, 4.69) is 9.79 Å². The maximum absolute atomic E-state index is 11.2. The van der Waals surface area contributed by atoms with E-state index in [4.69, 9.17) is 0 Å². The van der Waals surface area contributed by atoms with Gasteiger partial charge in [-0.1, -0.05) is 6.08 Å². The molecule has 0 saturated carbocycles. The fraction of sp³-hybridized carbons (Fsp3) is 0.444. The van der Waals surface area contributed by atoms with Crippen molar-refractivity contribution < 1.29 is 70.7 Å². The molecule has 1 aliphatic rings. The Hall–Kier alpha value is -1.01. The van der Waals surface area contributed by atoms with Crippen molar-refractivity contribution in [3.05, 3.63) is 43.2 Å². The number of nitrogens with zero attached hydrogens (tertiary/aromatic N) is 4. The summed E-state index contributed by atoms with van der Waals surface area (Å²) in [6.45, 7) is 2.53. The molecule has 20 heavy (non-hydrogen) atoms. The summed E-state index contributed by atoms with van der Waals surface area (Å²) in [7, 11) is 0. The number of aromatic nitrogens is 2. The molecule has 1 aliphatic carbocycles. The summed E-state index contributed by atoms with van der Waals surface area (Å²) in [5.74, 6) is -1.12. The van der Waals surface area contributed by atoms with E-state index in [0.29, 0.717) is 0 Å². The number of rotatable bonds is 2. The third-order valence-electron chi connectivity index (χ3n) is 3.06. The average Bonchev–Trinajstić information content (AvgIpc) is 2.69. The first-order valence-corrected chi connectivity index (χ1v) is 5.21. The molecule has 0 aromatic carbocycles. The van der Waals surface area contributed by atoms with Gasteiger partial charge in [-0.25, -0.2) is 0 Å². The van der Waals surface area contributed by atoms with Crippen LogP contribution in [0.1, 0.15) is 25.2 Å². The van der Waals surface area contributed by atoms with E-state index in [-0.39, 0.29) is 67.7 Å². The van der Waals surface area contributed by atoms with Crippen LogP contribution >= 0.6 is 0 Å². The van der Waals surface area contributed by atoms with Crippen LogP contribution in [-0.4, -0.2) is 26.2 Å². The Kier molecular flexibility index (Phi) is 4.92. The van der Waals surface area contributed by atoms with Crippen LogP contribution in [0.3, 0.4) is 0 Å². The van der Waals surface area contributed by atoms with Crippen molar-refractivity contribution >= 4 is 11.8 Å². The Bertz CT molecular complexity index is 604. The van der Waals surface area contributed by atoms with Crippen LogP contribution in [0.5, 0.6) is 0 Å². The predicted octanol–water partition coefficient (Wildman–Crippen LogP) is -3.19. The van der Waals surface area contributed by atoms with Crippen molar-refractivity contribution in [2.75, 3.05) is 0 Å². The average molecular weight is 308 g/mol. The second-order valence-corrected chi connectivity index (χ2v) is 4.55. The second kappa shape index (κ2) is 5.77. The summed E-state index contributed by atoms with van der Waals surface area (Å²) in [5, 5.41) is 47.8. The van der Waals surface area contributed by atoms with Gasteiger partial charge in [0.25, 0.3) is 5.71 Å². The van der Waals surface area contributed by atoms with Crippen molar-refractivity contribution in [3.8, 4) is 0 Å². The van der Waals surface area contributed by atoms with E-state index in [1.165, 1.54) is 26.0 Å². The first-order chi connectivity index (χ1) is 8.76. The number of hydrogen-bond donors (Lipinski definition) is 0. The smallest absolute Gasteiger partial charge is 0.612 e. The Balaban J connectivity index is 0.00000200. The van der Waals surface area contributed by atoms with Crippen LogP contribution in [0.15, 0.2) is 10.7 Å². The van der Waals surface area contributed by atoms with Gasteiger partial charge in [-0.15, -0.1) is 0 Å². The molecule has 10 nitrogen and oxygen atoms in total. The van der Waals surface area contributed by atoms with E-state index in [1.54, 1.807) is 0 Å². The van der Waals surface area contributed by atoms with E-state index in [0.717, 1.165) is 0 Å². The van der Waals surface area contributed by atoms with Crippen LogP contribution in [0, 0.1) is 31.7 Å². The van der Waals surface area contributed by atoms with E-state index in [1.807, 2.05) is 0 Å². The first kappa shape index (κ1) is 17.0. The fourth-order valence-electron chi connectivity index (χ4n) is 1.88. The van der Waals surface area contributed by atoms with Crippen molar-refractivity contribution in [1.29, 1.82) is 0 Å². The Morgan fingerprint density at radius 1 is 1.40 bits per heavy atom. The summed E-state index contributed by atoms with van der Waals surface area (Å²) in [6.07, 6.45) is 2.48. The van der Waals surface area contributed by atoms with Gasteiger partial charge in [0.05, 0.1) is 5.16 Å². The maximum atomic E-state index is 11.2. The minimum Gasteiger partial charge on any atom is -0.612 e. The number of fused-ring (bicyclic) bond motifs is 1. The van der Waals surface area contributed by atoms with Gasteiger partial charge in [0, 0.05) is 18.8 Å². The monoisotopic (exact) mass is 308 g/mol. The van der Waals surface area contributed by atoms with Crippen molar-refractivity contribution in [2.45, 2.75) is 19.4 Å². The van der Waals surface area contributed by atoms with Crippen molar-refractivity contribution in [3.63, 3.8) is 0 Å². The zero-order valence-electron chi connectivity index (χ0n) is 11.0. The van der Waals surface area contributed by atoms with Gasteiger partial charge in [-0.3, -0.25) is 14.7 Å². The minimum atomic E-state index is -1.61. The van der Waals surface area contributed by atoms with Crippen LogP contribution in [-0.2, 0) is 0 Å². The number of hydrogen-bond acceptors (Lipinski definition) is 7. The quantitative estimate of drug-likeness (QED) is 0.242. The molecule has 0 bridgehead atoms. The second-order valence-electron chi connectivity index (χ2n) is 4.55. The first-order valence-electron chi connectivity index (χ1n) is 5.21. The zero-order valence-corrected chi connectivity index (χ0v) is 14.1. The van der Waals surface area contributed by atoms with Gasteiger partial charge >= 0.3 is 57.1 Å². The number of nitro groups is 1. The third-order valence-corrected chi connectivity index (χ3v) is 3.06. The molecule has 1 atom stereocenters. The molecule has 1 unspecified atom stereocenters. The summed E-state index contributed by atoms with van der Waals surface area (Å²) >= 11 is 0. The Labute approximate surface area is 155 Å². The molecule has 0 saturated heterocycles. The SMILES string of the molecule is CC(C)(C1C=Cc2c(no[n+]2[O-])C1=[N+]([O-])[O-])[N+](=O)[O-].[K+]. The molecular formula is C9H9KN4O6. The molecule has 0 radical (unpaired) electrons. The molecule has 0 N–H and O–H groups in total.